The maximum Gasteiger partial charge on any atom is 0.243 e. The van der Waals surface area contributed by atoms with E-state index in [1.165, 1.54) is 45.1 Å². The summed E-state index contributed by atoms with van der Waals surface area (Å²) >= 11 is 0. The predicted octanol–water partition coefficient (Wildman–Crippen LogP) is 2.18. The summed E-state index contributed by atoms with van der Waals surface area (Å²) in [5.74, 6) is 1.72. The average molecular weight is 422 g/mol. The summed E-state index contributed by atoms with van der Waals surface area (Å²) < 4.78 is 6.24. The van der Waals surface area contributed by atoms with E-state index in [4.69, 9.17) is 9.73 Å². The molecule has 1 amide bonds. The van der Waals surface area contributed by atoms with E-state index < -0.39 is 0 Å². The standard InChI is InChI=1S/C23H43N5O2/c1-4-27-13-7-10-20(27)16-24-23(25-17-22(29)26(2)3)28-14-11-21(12-15-28)30-18-19-8-5-6-9-19/h19-21H,4-18H2,1-3H3,(H,24,25). The summed E-state index contributed by atoms with van der Waals surface area (Å²) in [5, 5.41) is 3.60. The first-order chi connectivity index (χ1) is 14.6. The minimum atomic E-state index is 0.0418. The number of hydrogen-bond acceptors (Lipinski definition) is 4. The number of piperidine rings is 1. The fourth-order valence-corrected chi connectivity index (χ4v) is 4.99. The van der Waals surface area contributed by atoms with Crippen molar-refractivity contribution in [1.82, 2.24) is 20.0 Å². The van der Waals surface area contributed by atoms with Gasteiger partial charge in [-0.25, -0.2) is 4.99 Å². The van der Waals surface area contributed by atoms with Gasteiger partial charge in [0.15, 0.2) is 5.96 Å². The zero-order valence-electron chi connectivity index (χ0n) is 19.4. The lowest BCUT2D eigenvalue weighted by molar-refractivity contribution is -0.127. The molecule has 1 aliphatic carbocycles. The molecule has 3 rings (SSSR count). The second kappa shape index (κ2) is 11.9. The molecule has 2 saturated heterocycles. The average Bonchev–Trinajstić information content (AvgIpc) is 3.44. The van der Waals surface area contributed by atoms with Crippen LogP contribution in [-0.4, -0.2) is 98.7 Å². The number of nitrogens with one attached hydrogen (secondary N) is 1. The summed E-state index contributed by atoms with van der Waals surface area (Å²) in [4.78, 5) is 23.3. The molecule has 3 aliphatic rings. The van der Waals surface area contributed by atoms with E-state index in [0.717, 1.165) is 57.5 Å². The third-order valence-corrected chi connectivity index (χ3v) is 7.05. The van der Waals surface area contributed by atoms with Crippen molar-refractivity contribution >= 4 is 11.9 Å². The summed E-state index contributed by atoms with van der Waals surface area (Å²) in [6.45, 7) is 8.46. The number of rotatable bonds is 8. The van der Waals surface area contributed by atoms with Gasteiger partial charge in [0.1, 0.15) is 6.54 Å². The van der Waals surface area contributed by atoms with Crippen LogP contribution in [0, 0.1) is 5.92 Å². The summed E-state index contributed by atoms with van der Waals surface area (Å²) in [6, 6.07) is 0.567. The first-order valence-electron chi connectivity index (χ1n) is 12.2. The molecular formula is C23H43N5O2. The van der Waals surface area contributed by atoms with Crippen LogP contribution in [0.25, 0.3) is 0 Å². The Balaban J connectivity index is 1.50. The van der Waals surface area contributed by atoms with Gasteiger partial charge in [0.2, 0.25) is 5.91 Å². The highest BCUT2D eigenvalue weighted by Crippen LogP contribution is 2.26. The van der Waals surface area contributed by atoms with Gasteiger partial charge in [-0.15, -0.1) is 0 Å². The van der Waals surface area contributed by atoms with Gasteiger partial charge >= 0.3 is 0 Å². The van der Waals surface area contributed by atoms with Crippen molar-refractivity contribution in [2.45, 2.75) is 70.4 Å². The lowest BCUT2D eigenvalue weighted by atomic mass is 10.1. The molecule has 0 bridgehead atoms. The number of carbonyl (C=O) groups excluding carboxylic acids is 1. The Morgan fingerprint density at radius 1 is 1.07 bits per heavy atom. The maximum absolute atomic E-state index is 12.1. The molecular weight excluding hydrogens is 378 g/mol. The van der Waals surface area contributed by atoms with Gasteiger partial charge in [0.05, 0.1) is 6.10 Å². The predicted molar refractivity (Wildman–Crippen MR) is 122 cm³/mol. The molecule has 0 aromatic rings. The van der Waals surface area contributed by atoms with Crippen LogP contribution in [0.2, 0.25) is 0 Å². The molecule has 0 radical (unpaired) electrons. The largest absolute Gasteiger partial charge is 0.378 e. The van der Waals surface area contributed by atoms with Gasteiger partial charge in [-0.1, -0.05) is 19.8 Å². The Hall–Kier alpha value is -1.34. The van der Waals surface area contributed by atoms with Crippen molar-refractivity contribution in [2.75, 3.05) is 60.0 Å². The highest BCUT2D eigenvalue weighted by Gasteiger charge is 2.26. The van der Waals surface area contributed by atoms with Gasteiger partial charge in [0, 0.05) is 46.4 Å². The van der Waals surface area contributed by atoms with Crippen LogP contribution in [0.15, 0.2) is 4.99 Å². The van der Waals surface area contributed by atoms with Crippen LogP contribution < -0.4 is 5.32 Å². The van der Waals surface area contributed by atoms with Crippen molar-refractivity contribution in [3.63, 3.8) is 0 Å². The number of aliphatic imine (C=N–C) groups is 1. The first-order valence-corrected chi connectivity index (χ1v) is 12.2. The fraction of sp³-hybridized carbons (Fsp3) is 0.913. The Morgan fingerprint density at radius 3 is 2.47 bits per heavy atom. The Labute approximate surface area is 183 Å². The molecule has 1 N–H and O–H groups in total. The topological polar surface area (TPSA) is 60.4 Å². The van der Waals surface area contributed by atoms with Crippen LogP contribution in [0.1, 0.15) is 58.3 Å². The third kappa shape index (κ3) is 6.84. The number of carbonyl (C=O) groups is 1. The highest BCUT2D eigenvalue weighted by atomic mass is 16.5. The molecule has 1 atom stereocenters. The molecule has 0 spiro atoms. The second-order valence-corrected chi connectivity index (χ2v) is 9.40. The van der Waals surface area contributed by atoms with Gasteiger partial charge in [0.25, 0.3) is 0 Å². The van der Waals surface area contributed by atoms with Crippen molar-refractivity contribution in [3.05, 3.63) is 0 Å². The Bertz CT molecular complexity index is 554. The molecule has 2 aliphatic heterocycles. The molecule has 0 aromatic carbocycles. The summed E-state index contributed by atoms with van der Waals surface area (Å²) in [6.07, 6.45) is 10.4. The van der Waals surface area contributed by atoms with E-state index in [1.54, 1.807) is 19.0 Å². The van der Waals surface area contributed by atoms with Gasteiger partial charge in [-0.3, -0.25) is 9.69 Å². The normalized spacial score (nSPS) is 24.6. The quantitative estimate of drug-likeness (QED) is 0.481. The number of likely N-dealkylation sites (N-methyl/N-ethyl adjacent to an activating group) is 2. The fourth-order valence-electron chi connectivity index (χ4n) is 4.99. The Morgan fingerprint density at radius 2 is 1.80 bits per heavy atom. The zero-order chi connectivity index (χ0) is 21.3. The smallest absolute Gasteiger partial charge is 0.243 e. The van der Waals surface area contributed by atoms with Gasteiger partial charge in [-0.2, -0.15) is 0 Å². The van der Waals surface area contributed by atoms with Gasteiger partial charge in [-0.05, 0) is 57.5 Å². The summed E-state index contributed by atoms with van der Waals surface area (Å²) in [5.41, 5.74) is 0. The SMILES string of the molecule is CCN1CCCC1CNC(=NCC(=O)N(C)C)N1CCC(OCC2CCCC2)CC1. The van der Waals surface area contributed by atoms with Crippen LogP contribution in [0.5, 0.6) is 0 Å². The molecule has 30 heavy (non-hydrogen) atoms. The van der Waals surface area contributed by atoms with E-state index in [2.05, 4.69) is 22.0 Å². The lowest BCUT2D eigenvalue weighted by Crippen LogP contribution is -2.50. The number of hydrogen-bond donors (Lipinski definition) is 1. The highest BCUT2D eigenvalue weighted by molar-refractivity contribution is 5.85. The monoisotopic (exact) mass is 421 g/mol. The molecule has 2 heterocycles. The second-order valence-electron chi connectivity index (χ2n) is 9.40. The molecule has 172 valence electrons. The molecule has 7 nitrogen and oxygen atoms in total. The summed E-state index contributed by atoms with van der Waals surface area (Å²) in [7, 11) is 3.57. The number of ether oxygens (including phenoxy) is 1. The van der Waals surface area contributed by atoms with E-state index in [0.29, 0.717) is 12.1 Å². The number of nitrogens with zero attached hydrogens (tertiary/aromatic N) is 4. The van der Waals surface area contributed by atoms with E-state index in [1.807, 2.05) is 0 Å². The number of guanidine groups is 1. The Kier molecular flexibility index (Phi) is 9.25. The van der Waals surface area contributed by atoms with E-state index in [-0.39, 0.29) is 12.5 Å². The lowest BCUT2D eigenvalue weighted by Gasteiger charge is -2.35. The van der Waals surface area contributed by atoms with Crippen molar-refractivity contribution in [1.29, 1.82) is 0 Å². The molecule has 3 fully saturated rings. The minimum absolute atomic E-state index is 0.0418. The van der Waals surface area contributed by atoms with Crippen LogP contribution in [0.3, 0.4) is 0 Å². The van der Waals surface area contributed by atoms with Crippen LogP contribution in [0.4, 0.5) is 0 Å². The number of likely N-dealkylation sites (tertiary alicyclic amines) is 2. The van der Waals surface area contributed by atoms with Gasteiger partial charge < -0.3 is 19.9 Å². The molecule has 0 aromatic heterocycles. The molecule has 1 saturated carbocycles. The van der Waals surface area contributed by atoms with Crippen molar-refractivity contribution in [2.24, 2.45) is 10.9 Å². The molecule has 7 heteroatoms. The van der Waals surface area contributed by atoms with E-state index >= 15 is 0 Å². The van der Waals surface area contributed by atoms with E-state index in [9.17, 15) is 4.79 Å². The maximum atomic E-state index is 12.1. The third-order valence-electron chi connectivity index (χ3n) is 7.05. The van der Waals surface area contributed by atoms with Crippen molar-refractivity contribution < 1.29 is 9.53 Å². The molecule has 1 unspecified atom stereocenters. The first kappa shape index (κ1) is 23.3. The number of amides is 1. The zero-order valence-corrected chi connectivity index (χ0v) is 19.4. The van der Waals surface area contributed by atoms with Crippen molar-refractivity contribution in [3.8, 4) is 0 Å². The minimum Gasteiger partial charge on any atom is -0.378 e. The van der Waals surface area contributed by atoms with Crippen LogP contribution >= 0.6 is 0 Å². The van der Waals surface area contributed by atoms with Crippen LogP contribution in [-0.2, 0) is 9.53 Å².